The number of benzene rings is 1. The summed E-state index contributed by atoms with van der Waals surface area (Å²) in [7, 11) is 3.66. The number of carbonyl (C=O) groups is 1. The summed E-state index contributed by atoms with van der Waals surface area (Å²) in [6, 6.07) is 7.56. The first-order valence-electron chi connectivity index (χ1n) is 6.89. The fourth-order valence-corrected chi connectivity index (χ4v) is 2.38. The molecule has 0 unspecified atom stereocenters. The number of hydrogen-bond acceptors (Lipinski definition) is 4. The molecule has 0 radical (unpaired) electrons. The van der Waals surface area contributed by atoms with E-state index in [-0.39, 0.29) is 12.1 Å². The summed E-state index contributed by atoms with van der Waals surface area (Å²) in [5, 5.41) is 0. The van der Waals surface area contributed by atoms with Gasteiger partial charge in [-0.1, -0.05) is 18.2 Å². The Hall–Kier alpha value is -1.81. The lowest BCUT2D eigenvalue weighted by Crippen LogP contribution is -2.37. The quantitative estimate of drug-likeness (QED) is 0.624. The molecule has 1 fully saturated rings. The van der Waals surface area contributed by atoms with Gasteiger partial charge >= 0.3 is 5.97 Å². The van der Waals surface area contributed by atoms with Gasteiger partial charge in [0.1, 0.15) is 11.9 Å². The summed E-state index contributed by atoms with van der Waals surface area (Å²) >= 11 is 0. The molecule has 0 bridgehead atoms. The van der Waals surface area contributed by atoms with Crippen LogP contribution in [0, 0.1) is 0 Å². The van der Waals surface area contributed by atoms with Gasteiger partial charge in [-0.3, -0.25) is 0 Å². The van der Waals surface area contributed by atoms with Crippen LogP contribution in [0.2, 0.25) is 0 Å². The van der Waals surface area contributed by atoms with Gasteiger partial charge in [0.15, 0.2) is 0 Å². The van der Waals surface area contributed by atoms with Crippen LogP contribution in [0.3, 0.4) is 0 Å². The van der Waals surface area contributed by atoms with Gasteiger partial charge in [0.25, 0.3) is 0 Å². The van der Waals surface area contributed by atoms with Crippen LogP contribution in [0.15, 0.2) is 30.3 Å². The number of ether oxygens (including phenoxy) is 2. The molecule has 1 aromatic rings. The summed E-state index contributed by atoms with van der Waals surface area (Å²) < 4.78 is 10.7. The number of piperidine rings is 1. The van der Waals surface area contributed by atoms with Crippen LogP contribution in [0.4, 0.5) is 0 Å². The maximum absolute atomic E-state index is 11.8. The third-order valence-corrected chi connectivity index (χ3v) is 3.40. The number of para-hydroxylation sites is 1. The third-order valence-electron chi connectivity index (χ3n) is 3.40. The van der Waals surface area contributed by atoms with Gasteiger partial charge in [0.05, 0.1) is 7.11 Å². The molecule has 0 aliphatic carbocycles. The van der Waals surface area contributed by atoms with Crippen molar-refractivity contribution in [3.63, 3.8) is 0 Å². The predicted molar refractivity (Wildman–Crippen MR) is 78.6 cm³/mol. The number of esters is 1. The highest BCUT2D eigenvalue weighted by molar-refractivity contribution is 5.87. The van der Waals surface area contributed by atoms with Crippen molar-refractivity contribution < 1.29 is 14.3 Å². The first-order chi connectivity index (χ1) is 9.69. The fourth-order valence-electron chi connectivity index (χ4n) is 2.38. The highest BCUT2D eigenvalue weighted by atomic mass is 16.5. The number of nitrogens with zero attached hydrogens (tertiary/aromatic N) is 1. The van der Waals surface area contributed by atoms with E-state index in [2.05, 4.69) is 4.90 Å². The highest BCUT2D eigenvalue weighted by Crippen LogP contribution is 2.19. The van der Waals surface area contributed by atoms with E-state index in [1.54, 1.807) is 13.2 Å². The molecular weight excluding hydrogens is 254 g/mol. The summed E-state index contributed by atoms with van der Waals surface area (Å²) in [6.07, 6.45) is 5.22. The van der Waals surface area contributed by atoms with Crippen molar-refractivity contribution in [1.82, 2.24) is 4.90 Å². The average Bonchev–Trinajstić information content (AvgIpc) is 2.45. The summed E-state index contributed by atoms with van der Waals surface area (Å²) in [6.45, 7) is 1.89. The molecule has 2 rings (SSSR count). The second kappa shape index (κ2) is 7.10. The Kier molecular flexibility index (Phi) is 5.18. The zero-order valence-electron chi connectivity index (χ0n) is 12.0. The monoisotopic (exact) mass is 275 g/mol. The second-order valence-electron chi connectivity index (χ2n) is 5.04. The molecular formula is C16H21NO3. The van der Waals surface area contributed by atoms with Gasteiger partial charge in [-0.25, -0.2) is 4.79 Å². The lowest BCUT2D eigenvalue weighted by atomic mass is 10.1. The molecule has 4 heteroatoms. The zero-order valence-corrected chi connectivity index (χ0v) is 12.0. The van der Waals surface area contributed by atoms with E-state index in [4.69, 9.17) is 9.47 Å². The molecule has 4 nitrogen and oxygen atoms in total. The predicted octanol–water partition coefficient (Wildman–Crippen LogP) is 2.35. The van der Waals surface area contributed by atoms with E-state index in [0.29, 0.717) is 0 Å². The Morgan fingerprint density at radius 1 is 1.40 bits per heavy atom. The second-order valence-corrected chi connectivity index (χ2v) is 5.04. The van der Waals surface area contributed by atoms with Gasteiger partial charge in [0, 0.05) is 18.2 Å². The topological polar surface area (TPSA) is 38.8 Å². The molecule has 0 saturated carbocycles. The number of methoxy groups -OCH3 is 1. The molecule has 20 heavy (non-hydrogen) atoms. The normalized spacial score (nSPS) is 20.0. The smallest absolute Gasteiger partial charge is 0.331 e. The number of likely N-dealkylation sites (tertiary alicyclic amines) is 1. The Morgan fingerprint density at radius 2 is 2.20 bits per heavy atom. The van der Waals surface area contributed by atoms with Gasteiger partial charge in [-0.05, 0) is 38.6 Å². The lowest BCUT2D eigenvalue weighted by Gasteiger charge is -2.28. The molecule has 0 aromatic heterocycles. The molecule has 1 heterocycles. The van der Waals surface area contributed by atoms with Crippen LogP contribution in [-0.4, -0.2) is 44.2 Å². The number of rotatable bonds is 4. The van der Waals surface area contributed by atoms with Crippen LogP contribution in [0.5, 0.6) is 5.75 Å². The van der Waals surface area contributed by atoms with Crippen molar-refractivity contribution >= 4 is 12.0 Å². The van der Waals surface area contributed by atoms with E-state index in [1.165, 1.54) is 6.08 Å². The van der Waals surface area contributed by atoms with Crippen molar-refractivity contribution in [3.05, 3.63) is 35.9 Å². The molecule has 1 aromatic carbocycles. The molecule has 0 N–H and O–H groups in total. The highest BCUT2D eigenvalue weighted by Gasteiger charge is 2.19. The van der Waals surface area contributed by atoms with E-state index < -0.39 is 0 Å². The zero-order chi connectivity index (χ0) is 14.4. The third kappa shape index (κ3) is 4.10. The van der Waals surface area contributed by atoms with Crippen LogP contribution in [0.25, 0.3) is 6.08 Å². The summed E-state index contributed by atoms with van der Waals surface area (Å²) in [5.41, 5.74) is 0.868. The minimum atomic E-state index is -0.295. The number of carbonyl (C=O) groups excluding carboxylic acids is 1. The summed E-state index contributed by atoms with van der Waals surface area (Å²) in [5.74, 6) is 0.449. The SMILES string of the molecule is COc1ccccc1/C=C/C(=O)O[C@H]1CCCN(C)C1. The molecule has 1 aliphatic heterocycles. The molecule has 1 saturated heterocycles. The minimum absolute atomic E-state index is 0.00330. The van der Waals surface area contributed by atoms with Gasteiger partial charge in [-0.15, -0.1) is 0 Å². The number of likely N-dealkylation sites (N-methyl/N-ethyl adjacent to an activating group) is 1. The van der Waals surface area contributed by atoms with E-state index in [0.717, 1.165) is 37.2 Å². The van der Waals surface area contributed by atoms with Crippen LogP contribution >= 0.6 is 0 Å². The molecule has 108 valence electrons. The average molecular weight is 275 g/mol. The van der Waals surface area contributed by atoms with E-state index in [1.807, 2.05) is 31.3 Å². The Bertz CT molecular complexity index is 484. The maximum atomic E-state index is 11.8. The number of hydrogen-bond donors (Lipinski definition) is 0. The standard InChI is InChI=1S/C16H21NO3/c1-17-11-5-7-14(12-17)20-16(18)10-9-13-6-3-4-8-15(13)19-2/h3-4,6,8-10,14H,5,7,11-12H2,1-2H3/b10-9+/t14-/m0/s1. The molecule has 1 aliphatic rings. The van der Waals surface area contributed by atoms with E-state index in [9.17, 15) is 4.79 Å². The van der Waals surface area contributed by atoms with Gasteiger partial charge in [0.2, 0.25) is 0 Å². The van der Waals surface area contributed by atoms with Crippen LogP contribution in [0.1, 0.15) is 18.4 Å². The van der Waals surface area contributed by atoms with Crippen molar-refractivity contribution in [2.45, 2.75) is 18.9 Å². The Labute approximate surface area is 120 Å². The van der Waals surface area contributed by atoms with Gasteiger partial charge < -0.3 is 14.4 Å². The first kappa shape index (κ1) is 14.6. The summed E-state index contributed by atoms with van der Waals surface area (Å²) in [4.78, 5) is 14.0. The van der Waals surface area contributed by atoms with Gasteiger partial charge in [-0.2, -0.15) is 0 Å². The molecule has 1 atom stereocenters. The van der Waals surface area contributed by atoms with Crippen molar-refractivity contribution in [3.8, 4) is 5.75 Å². The van der Waals surface area contributed by atoms with Crippen molar-refractivity contribution in [2.24, 2.45) is 0 Å². The van der Waals surface area contributed by atoms with Crippen molar-refractivity contribution in [1.29, 1.82) is 0 Å². The molecule has 0 amide bonds. The van der Waals surface area contributed by atoms with Crippen molar-refractivity contribution in [2.75, 3.05) is 27.2 Å². The minimum Gasteiger partial charge on any atom is -0.496 e. The molecule has 0 spiro atoms. The van der Waals surface area contributed by atoms with Crippen LogP contribution < -0.4 is 4.74 Å². The Balaban J connectivity index is 1.92. The lowest BCUT2D eigenvalue weighted by molar-refractivity contribution is -0.145. The maximum Gasteiger partial charge on any atom is 0.331 e. The van der Waals surface area contributed by atoms with E-state index >= 15 is 0 Å². The van der Waals surface area contributed by atoms with Crippen LogP contribution in [-0.2, 0) is 9.53 Å². The first-order valence-corrected chi connectivity index (χ1v) is 6.89. The largest absolute Gasteiger partial charge is 0.496 e. The Morgan fingerprint density at radius 3 is 2.95 bits per heavy atom. The fraction of sp³-hybridized carbons (Fsp3) is 0.438.